The Morgan fingerprint density at radius 1 is 1.09 bits per heavy atom. The standard InChI is InChI=1S/C25H21Cl2N5O/c26-18-8-6-16(7-9-18)24(33)31-22-11-10-20-13-17(22)5-4-15-2-1-3-19(12-15)30-25-28-14-21(27)23(29-20)32-25/h1-3,6-11,13-15H,4-5,12H2,(H,31,33)(H2,28,29,30,32). The number of aryl methyl sites for hydroxylation is 1. The summed E-state index contributed by atoms with van der Waals surface area (Å²) in [5.74, 6) is 1.19. The number of nitrogens with one attached hydrogen (secondary N) is 3. The molecule has 1 aliphatic heterocycles. The van der Waals surface area contributed by atoms with Crippen molar-refractivity contribution in [3.05, 3.63) is 93.8 Å². The molecule has 1 amide bonds. The molecule has 2 aliphatic rings. The third kappa shape index (κ3) is 5.02. The summed E-state index contributed by atoms with van der Waals surface area (Å²) in [7, 11) is 0. The minimum atomic E-state index is -0.179. The highest BCUT2D eigenvalue weighted by molar-refractivity contribution is 6.33. The Labute approximate surface area is 201 Å². The van der Waals surface area contributed by atoms with Crippen LogP contribution >= 0.6 is 23.2 Å². The van der Waals surface area contributed by atoms with Gasteiger partial charge < -0.3 is 16.0 Å². The molecule has 33 heavy (non-hydrogen) atoms. The Hall–Kier alpha value is -3.35. The van der Waals surface area contributed by atoms with E-state index in [9.17, 15) is 4.79 Å². The lowest BCUT2D eigenvalue weighted by Crippen LogP contribution is -2.14. The molecule has 1 aromatic heterocycles. The van der Waals surface area contributed by atoms with Crippen LogP contribution in [0.15, 0.2) is 72.6 Å². The monoisotopic (exact) mass is 477 g/mol. The molecule has 3 N–H and O–H groups in total. The SMILES string of the molecule is O=C(Nc1ccc2cc1CCC1C=CC=C(C1)Nc1ncc(Cl)c(n1)N2)c1ccc(Cl)cc1. The van der Waals surface area contributed by atoms with Crippen LogP contribution in [0.2, 0.25) is 10.0 Å². The van der Waals surface area contributed by atoms with E-state index in [2.05, 4.69) is 38.1 Å². The average molecular weight is 478 g/mol. The Morgan fingerprint density at radius 2 is 1.94 bits per heavy atom. The highest BCUT2D eigenvalue weighted by Gasteiger charge is 2.17. The van der Waals surface area contributed by atoms with Gasteiger partial charge >= 0.3 is 0 Å². The van der Waals surface area contributed by atoms with E-state index < -0.39 is 0 Å². The first-order valence-corrected chi connectivity index (χ1v) is 11.4. The highest BCUT2D eigenvalue weighted by atomic mass is 35.5. The number of hydrogen-bond acceptors (Lipinski definition) is 5. The molecular weight excluding hydrogens is 457 g/mol. The molecule has 0 saturated heterocycles. The number of carbonyl (C=O) groups excluding carboxylic acids is 1. The topological polar surface area (TPSA) is 78.9 Å². The van der Waals surface area contributed by atoms with Gasteiger partial charge in [0.05, 0.1) is 6.20 Å². The molecule has 5 rings (SSSR count). The van der Waals surface area contributed by atoms with Crippen LogP contribution in [0, 0.1) is 5.92 Å². The quantitative estimate of drug-likeness (QED) is 0.387. The number of benzene rings is 2. The molecule has 1 aliphatic carbocycles. The maximum absolute atomic E-state index is 12.8. The van der Waals surface area contributed by atoms with E-state index in [0.717, 1.165) is 41.9 Å². The number of allylic oxidation sites excluding steroid dienone is 4. The summed E-state index contributed by atoms with van der Waals surface area (Å²) in [6, 6.07) is 12.7. The van der Waals surface area contributed by atoms with Crippen molar-refractivity contribution in [3.63, 3.8) is 0 Å². The first-order valence-electron chi connectivity index (χ1n) is 10.7. The molecule has 1 atom stereocenters. The van der Waals surface area contributed by atoms with Gasteiger partial charge in [-0.15, -0.1) is 0 Å². The Kier molecular flexibility index (Phi) is 6.03. The largest absolute Gasteiger partial charge is 0.339 e. The van der Waals surface area contributed by atoms with Gasteiger partial charge in [0.25, 0.3) is 5.91 Å². The van der Waals surface area contributed by atoms with E-state index in [0.29, 0.717) is 33.3 Å². The van der Waals surface area contributed by atoms with Gasteiger partial charge in [-0.05, 0) is 79.3 Å². The van der Waals surface area contributed by atoms with Gasteiger partial charge in [0.15, 0.2) is 5.82 Å². The number of aromatic nitrogens is 2. The first kappa shape index (κ1) is 21.5. The molecule has 6 bridgehead atoms. The predicted octanol–water partition coefficient (Wildman–Crippen LogP) is 6.60. The third-order valence-electron chi connectivity index (χ3n) is 5.69. The zero-order valence-electron chi connectivity index (χ0n) is 17.6. The second kappa shape index (κ2) is 9.25. The van der Waals surface area contributed by atoms with Gasteiger partial charge in [0.1, 0.15) is 5.02 Å². The number of anilines is 4. The van der Waals surface area contributed by atoms with Gasteiger partial charge in [-0.2, -0.15) is 4.98 Å². The average Bonchev–Trinajstić information content (AvgIpc) is 2.82. The Morgan fingerprint density at radius 3 is 2.79 bits per heavy atom. The number of hydrogen-bond donors (Lipinski definition) is 3. The molecule has 166 valence electrons. The molecule has 1 unspecified atom stereocenters. The van der Waals surface area contributed by atoms with E-state index in [1.54, 1.807) is 30.5 Å². The Bertz CT molecular complexity index is 1270. The van der Waals surface area contributed by atoms with Crippen LogP contribution < -0.4 is 16.0 Å². The molecule has 0 spiro atoms. The van der Waals surface area contributed by atoms with E-state index >= 15 is 0 Å². The van der Waals surface area contributed by atoms with Crippen LogP contribution in [0.25, 0.3) is 0 Å². The number of amides is 1. The van der Waals surface area contributed by atoms with Crippen molar-refractivity contribution in [2.75, 3.05) is 16.0 Å². The summed E-state index contributed by atoms with van der Waals surface area (Å²) < 4.78 is 0. The van der Waals surface area contributed by atoms with Crippen molar-refractivity contribution in [1.29, 1.82) is 0 Å². The lowest BCUT2D eigenvalue weighted by molar-refractivity contribution is 0.102. The number of fused-ring (bicyclic) bond motifs is 6. The minimum absolute atomic E-state index is 0.179. The smallest absolute Gasteiger partial charge is 0.255 e. The van der Waals surface area contributed by atoms with Crippen LogP contribution in [-0.4, -0.2) is 15.9 Å². The first-order chi connectivity index (χ1) is 16.0. The molecule has 2 heterocycles. The maximum atomic E-state index is 12.8. The second-order valence-corrected chi connectivity index (χ2v) is 8.90. The minimum Gasteiger partial charge on any atom is -0.339 e. The highest BCUT2D eigenvalue weighted by Crippen LogP contribution is 2.31. The van der Waals surface area contributed by atoms with Crippen LogP contribution in [-0.2, 0) is 6.42 Å². The molecule has 8 heteroatoms. The summed E-state index contributed by atoms with van der Waals surface area (Å²) in [5.41, 5.74) is 4.24. The van der Waals surface area contributed by atoms with Gasteiger partial charge in [-0.1, -0.05) is 35.4 Å². The summed E-state index contributed by atoms with van der Waals surface area (Å²) >= 11 is 12.3. The predicted molar refractivity (Wildman–Crippen MR) is 133 cm³/mol. The normalized spacial score (nSPS) is 16.8. The molecule has 6 nitrogen and oxygen atoms in total. The third-order valence-corrected chi connectivity index (χ3v) is 6.21. The van der Waals surface area contributed by atoms with Gasteiger partial charge in [-0.3, -0.25) is 4.79 Å². The lowest BCUT2D eigenvalue weighted by atomic mass is 9.91. The zero-order chi connectivity index (χ0) is 22.8. The Balaban J connectivity index is 1.48. The van der Waals surface area contributed by atoms with Crippen LogP contribution in [0.5, 0.6) is 0 Å². The van der Waals surface area contributed by atoms with E-state index in [1.165, 1.54) is 0 Å². The maximum Gasteiger partial charge on any atom is 0.255 e. The van der Waals surface area contributed by atoms with Crippen molar-refractivity contribution in [2.24, 2.45) is 5.92 Å². The molecule has 2 aromatic carbocycles. The van der Waals surface area contributed by atoms with E-state index in [-0.39, 0.29) is 5.91 Å². The molecule has 0 fully saturated rings. The second-order valence-electron chi connectivity index (χ2n) is 8.05. The fraction of sp³-hybridized carbons (Fsp3) is 0.160. The summed E-state index contributed by atoms with van der Waals surface area (Å²) in [4.78, 5) is 21.7. The number of carbonyl (C=O) groups is 1. The lowest BCUT2D eigenvalue weighted by Gasteiger charge is -2.20. The molecule has 0 saturated carbocycles. The fourth-order valence-electron chi connectivity index (χ4n) is 3.97. The molecular formula is C25H21Cl2N5O. The summed E-state index contributed by atoms with van der Waals surface area (Å²) in [6.45, 7) is 0. The van der Waals surface area contributed by atoms with Crippen LogP contribution in [0.4, 0.5) is 23.1 Å². The summed E-state index contributed by atoms with van der Waals surface area (Å²) in [5, 5.41) is 10.7. The fourth-order valence-corrected chi connectivity index (χ4v) is 4.23. The zero-order valence-corrected chi connectivity index (χ0v) is 19.1. The van der Waals surface area contributed by atoms with Crippen molar-refractivity contribution >= 4 is 52.3 Å². The van der Waals surface area contributed by atoms with Crippen molar-refractivity contribution in [1.82, 2.24) is 9.97 Å². The number of nitrogens with zero attached hydrogens (tertiary/aromatic N) is 2. The van der Waals surface area contributed by atoms with Crippen LogP contribution in [0.3, 0.4) is 0 Å². The van der Waals surface area contributed by atoms with Gasteiger partial charge in [0, 0.05) is 27.7 Å². The van der Waals surface area contributed by atoms with Crippen molar-refractivity contribution < 1.29 is 4.79 Å². The van der Waals surface area contributed by atoms with E-state index in [4.69, 9.17) is 23.2 Å². The van der Waals surface area contributed by atoms with Gasteiger partial charge in [-0.25, -0.2) is 4.98 Å². The number of halogens is 2. The number of rotatable bonds is 2. The molecule has 3 aromatic rings. The van der Waals surface area contributed by atoms with Crippen LogP contribution in [0.1, 0.15) is 28.8 Å². The van der Waals surface area contributed by atoms with Crippen molar-refractivity contribution in [2.45, 2.75) is 19.3 Å². The van der Waals surface area contributed by atoms with Gasteiger partial charge in [0.2, 0.25) is 5.95 Å². The van der Waals surface area contributed by atoms with E-state index in [1.807, 2.05) is 24.3 Å². The summed E-state index contributed by atoms with van der Waals surface area (Å²) in [6.07, 6.45) is 10.5. The molecule has 0 radical (unpaired) electrons. The van der Waals surface area contributed by atoms with Crippen molar-refractivity contribution in [3.8, 4) is 0 Å².